The van der Waals surface area contributed by atoms with Crippen molar-refractivity contribution >= 4 is 11.9 Å². The number of benzene rings is 1. The summed E-state index contributed by atoms with van der Waals surface area (Å²) >= 11 is 0. The Kier molecular flexibility index (Phi) is 6.46. The van der Waals surface area contributed by atoms with Crippen LogP contribution in [-0.4, -0.2) is 31.8 Å². The molecular formula is C15H18O5. The van der Waals surface area contributed by atoms with Crippen molar-refractivity contribution in [2.75, 3.05) is 13.7 Å². The van der Waals surface area contributed by atoms with Crippen LogP contribution in [0.15, 0.2) is 36.9 Å². The van der Waals surface area contributed by atoms with Crippen LogP contribution < -0.4 is 4.74 Å². The molecule has 0 aliphatic carbocycles. The lowest BCUT2D eigenvalue weighted by molar-refractivity contribution is -0.146. The maximum atomic E-state index is 11.7. The second-order valence-corrected chi connectivity index (χ2v) is 4.03. The molecule has 0 fully saturated rings. The van der Waals surface area contributed by atoms with Gasteiger partial charge in [0.25, 0.3) is 0 Å². The molecule has 5 nitrogen and oxygen atoms in total. The van der Waals surface area contributed by atoms with Crippen LogP contribution in [0, 0.1) is 0 Å². The molecule has 0 saturated heterocycles. The van der Waals surface area contributed by atoms with Gasteiger partial charge in [0.1, 0.15) is 5.75 Å². The minimum Gasteiger partial charge on any atom is -0.465 e. The summed E-state index contributed by atoms with van der Waals surface area (Å²) in [6.07, 6.45) is 1.73. The van der Waals surface area contributed by atoms with Gasteiger partial charge in [0.2, 0.25) is 0 Å². The molecule has 0 heterocycles. The second kappa shape index (κ2) is 8.12. The zero-order chi connectivity index (χ0) is 15.0. The third kappa shape index (κ3) is 4.85. The Hall–Kier alpha value is -2.14. The predicted octanol–water partition coefficient (Wildman–Crippen LogP) is 2.36. The van der Waals surface area contributed by atoms with Gasteiger partial charge in [-0.25, -0.2) is 9.59 Å². The number of hydrogen-bond donors (Lipinski definition) is 0. The lowest BCUT2D eigenvalue weighted by Gasteiger charge is -2.11. The molecule has 0 aliphatic heterocycles. The molecule has 0 aliphatic rings. The van der Waals surface area contributed by atoms with Gasteiger partial charge in [-0.05, 0) is 37.6 Å². The molecule has 1 aromatic carbocycles. The summed E-state index contributed by atoms with van der Waals surface area (Å²) in [5.74, 6) is -0.578. The fraction of sp³-hybridized carbons (Fsp3) is 0.333. The fourth-order valence-electron chi connectivity index (χ4n) is 1.37. The third-order valence-corrected chi connectivity index (χ3v) is 2.52. The first-order valence-electron chi connectivity index (χ1n) is 6.21. The van der Waals surface area contributed by atoms with Gasteiger partial charge in [-0.3, -0.25) is 0 Å². The van der Waals surface area contributed by atoms with Crippen molar-refractivity contribution in [3.8, 4) is 5.75 Å². The molecule has 0 aromatic heterocycles. The van der Waals surface area contributed by atoms with Crippen LogP contribution in [0.3, 0.4) is 0 Å². The van der Waals surface area contributed by atoms with Gasteiger partial charge in [-0.15, -0.1) is 6.58 Å². The monoisotopic (exact) mass is 278 g/mol. The number of rotatable bonds is 7. The smallest absolute Gasteiger partial charge is 0.340 e. The molecule has 0 radical (unpaired) electrons. The lowest BCUT2D eigenvalue weighted by atomic mass is 10.2. The van der Waals surface area contributed by atoms with E-state index in [9.17, 15) is 9.59 Å². The molecule has 108 valence electrons. The van der Waals surface area contributed by atoms with Crippen LogP contribution in [0.1, 0.15) is 23.7 Å². The Labute approximate surface area is 118 Å². The summed E-state index contributed by atoms with van der Waals surface area (Å²) < 4.78 is 15.0. The molecule has 0 bridgehead atoms. The van der Waals surface area contributed by atoms with E-state index in [0.29, 0.717) is 24.3 Å². The highest BCUT2D eigenvalue weighted by Crippen LogP contribution is 2.14. The molecule has 1 atom stereocenters. The van der Waals surface area contributed by atoms with Crippen molar-refractivity contribution in [2.24, 2.45) is 0 Å². The summed E-state index contributed by atoms with van der Waals surface area (Å²) in [6.45, 7) is 5.60. The quantitative estimate of drug-likeness (QED) is 0.331. The Morgan fingerprint density at radius 3 is 2.50 bits per heavy atom. The first kappa shape index (κ1) is 15.9. The van der Waals surface area contributed by atoms with Crippen LogP contribution in [0.5, 0.6) is 5.75 Å². The normalized spacial score (nSPS) is 11.5. The van der Waals surface area contributed by atoms with Gasteiger partial charge in [-0.1, -0.05) is 6.08 Å². The third-order valence-electron chi connectivity index (χ3n) is 2.52. The van der Waals surface area contributed by atoms with E-state index in [0.717, 1.165) is 0 Å². The number of carbonyl (C=O) groups excluding carboxylic acids is 2. The standard InChI is InChI=1S/C15H18O5/c1-4-5-10-19-11(2)14(16)20-13-8-6-12(7-9-13)15(17)18-3/h4,6-9,11H,1,5,10H2,2-3H3. The molecule has 1 rings (SSSR count). The molecule has 0 saturated carbocycles. The molecule has 20 heavy (non-hydrogen) atoms. The van der Waals surface area contributed by atoms with Gasteiger partial charge in [0.15, 0.2) is 6.10 Å². The summed E-state index contributed by atoms with van der Waals surface area (Å²) in [4.78, 5) is 23.0. The highest BCUT2D eigenvalue weighted by molar-refractivity contribution is 5.89. The number of methoxy groups -OCH3 is 1. The van der Waals surface area contributed by atoms with Gasteiger partial charge in [0, 0.05) is 0 Å². The number of ether oxygens (including phenoxy) is 3. The molecule has 5 heteroatoms. The van der Waals surface area contributed by atoms with Crippen LogP contribution in [0.25, 0.3) is 0 Å². The largest absolute Gasteiger partial charge is 0.465 e. The van der Waals surface area contributed by atoms with Crippen LogP contribution in [0.2, 0.25) is 0 Å². The Bertz CT molecular complexity index is 464. The minimum atomic E-state index is -0.657. The van der Waals surface area contributed by atoms with Crippen LogP contribution in [0.4, 0.5) is 0 Å². The van der Waals surface area contributed by atoms with Crippen molar-refractivity contribution in [3.63, 3.8) is 0 Å². The van der Waals surface area contributed by atoms with E-state index in [1.54, 1.807) is 13.0 Å². The molecule has 0 spiro atoms. The van der Waals surface area contributed by atoms with Crippen LogP contribution >= 0.6 is 0 Å². The van der Waals surface area contributed by atoms with Crippen molar-refractivity contribution in [1.82, 2.24) is 0 Å². The maximum Gasteiger partial charge on any atom is 0.340 e. The van der Waals surface area contributed by atoms with E-state index in [1.165, 1.54) is 31.4 Å². The first-order valence-corrected chi connectivity index (χ1v) is 6.21. The highest BCUT2D eigenvalue weighted by atomic mass is 16.6. The van der Waals surface area contributed by atoms with Crippen molar-refractivity contribution < 1.29 is 23.8 Å². The van der Waals surface area contributed by atoms with Crippen LogP contribution in [-0.2, 0) is 14.3 Å². The van der Waals surface area contributed by atoms with Gasteiger partial charge >= 0.3 is 11.9 Å². The SMILES string of the molecule is C=CCCOC(C)C(=O)Oc1ccc(C(=O)OC)cc1. The molecule has 0 N–H and O–H groups in total. The lowest BCUT2D eigenvalue weighted by Crippen LogP contribution is -2.26. The fourth-order valence-corrected chi connectivity index (χ4v) is 1.37. The zero-order valence-corrected chi connectivity index (χ0v) is 11.6. The Morgan fingerprint density at radius 2 is 1.95 bits per heavy atom. The predicted molar refractivity (Wildman–Crippen MR) is 73.6 cm³/mol. The number of esters is 2. The molecular weight excluding hydrogens is 260 g/mol. The minimum absolute atomic E-state index is 0.349. The summed E-state index contributed by atoms with van der Waals surface area (Å²) in [7, 11) is 1.30. The zero-order valence-electron chi connectivity index (χ0n) is 11.6. The van der Waals surface area contributed by atoms with E-state index in [1.807, 2.05) is 0 Å². The van der Waals surface area contributed by atoms with Gasteiger partial charge in [-0.2, -0.15) is 0 Å². The summed E-state index contributed by atoms with van der Waals surface area (Å²) in [5.41, 5.74) is 0.391. The van der Waals surface area contributed by atoms with Crippen molar-refractivity contribution in [1.29, 1.82) is 0 Å². The van der Waals surface area contributed by atoms with Crippen molar-refractivity contribution in [2.45, 2.75) is 19.4 Å². The average Bonchev–Trinajstić information content (AvgIpc) is 2.47. The van der Waals surface area contributed by atoms with E-state index >= 15 is 0 Å². The maximum absolute atomic E-state index is 11.7. The van der Waals surface area contributed by atoms with E-state index in [-0.39, 0.29) is 0 Å². The Balaban J connectivity index is 2.53. The van der Waals surface area contributed by atoms with Gasteiger partial charge < -0.3 is 14.2 Å². The molecule has 1 aromatic rings. The first-order chi connectivity index (χ1) is 9.58. The average molecular weight is 278 g/mol. The summed E-state index contributed by atoms with van der Waals surface area (Å²) in [6, 6.07) is 6.11. The molecule has 1 unspecified atom stereocenters. The number of hydrogen-bond acceptors (Lipinski definition) is 5. The molecule has 0 amide bonds. The second-order valence-electron chi connectivity index (χ2n) is 4.03. The highest BCUT2D eigenvalue weighted by Gasteiger charge is 2.16. The van der Waals surface area contributed by atoms with Crippen molar-refractivity contribution in [3.05, 3.63) is 42.5 Å². The van der Waals surface area contributed by atoms with Gasteiger partial charge in [0.05, 0.1) is 19.3 Å². The number of carbonyl (C=O) groups is 2. The van der Waals surface area contributed by atoms with E-state index < -0.39 is 18.0 Å². The van der Waals surface area contributed by atoms with E-state index in [4.69, 9.17) is 9.47 Å². The summed E-state index contributed by atoms with van der Waals surface area (Å²) in [5, 5.41) is 0. The van der Waals surface area contributed by atoms with E-state index in [2.05, 4.69) is 11.3 Å². The Morgan fingerprint density at radius 1 is 1.30 bits per heavy atom. The topological polar surface area (TPSA) is 61.8 Å².